The van der Waals surface area contributed by atoms with Gasteiger partial charge in [-0.2, -0.15) is 15.1 Å². The Morgan fingerprint density at radius 2 is 1.90 bits per heavy atom. The van der Waals surface area contributed by atoms with Crippen LogP contribution in [0.3, 0.4) is 0 Å². The number of nitrogens with one attached hydrogen (secondary N) is 2. The van der Waals surface area contributed by atoms with Gasteiger partial charge in [-0.1, -0.05) is 41.9 Å². The number of nitrogen functional groups attached to an aromatic ring is 1. The van der Waals surface area contributed by atoms with E-state index in [0.29, 0.717) is 5.02 Å². The van der Waals surface area contributed by atoms with Gasteiger partial charge in [0.15, 0.2) is 23.2 Å². The molecule has 2 aromatic heterocycles. The normalized spacial score (nSPS) is 22.6. The quantitative estimate of drug-likeness (QED) is 0.0701. The minimum atomic E-state index is -4.43. The predicted octanol–water partition coefficient (Wildman–Crippen LogP) is 1.90. The standard InChI is InChI=1S/C29H36ClN8O10PS/c1-17(26(40)45-14-18-8-6-5-7-9-18)35-49(42,48-20-12-10-19(30)11-13-20)46-15-21-23(39)29(2,41)27(47-21)38-16-32-22-24(33-28(31)34-25(22)38)37(3)36-50(4,43)44/h5-13,16-17,21,23,27,36,39,41H,14-15H2,1-4H3,(H,35,42)(H2,31,33,34)/t17?,21-,23-,27-,29-,49?/m1/s1. The summed E-state index contributed by atoms with van der Waals surface area (Å²) in [6.07, 6.45) is -2.11. The topological polar surface area (TPSA) is 243 Å². The number of fused-ring (bicyclic) bond motifs is 1. The number of rotatable bonds is 14. The number of aliphatic hydroxyl groups is 2. The number of hydrogen-bond acceptors (Lipinski definition) is 15. The van der Waals surface area contributed by atoms with Gasteiger partial charge in [-0.3, -0.25) is 18.9 Å². The van der Waals surface area contributed by atoms with Crippen LogP contribution in [0.5, 0.6) is 5.75 Å². The van der Waals surface area contributed by atoms with E-state index in [-0.39, 0.29) is 35.3 Å². The number of esters is 1. The Bertz CT molecular complexity index is 1990. The van der Waals surface area contributed by atoms with Crippen LogP contribution in [-0.2, 0) is 40.0 Å². The molecule has 0 saturated carbocycles. The van der Waals surface area contributed by atoms with Gasteiger partial charge in [-0.05, 0) is 43.7 Å². The molecule has 0 radical (unpaired) electrons. The number of nitrogens with zero attached hydrogens (tertiary/aromatic N) is 5. The highest BCUT2D eigenvalue weighted by molar-refractivity contribution is 7.88. The number of aliphatic hydroxyl groups excluding tert-OH is 1. The van der Waals surface area contributed by atoms with E-state index in [1.54, 1.807) is 24.3 Å². The number of hydrazine groups is 1. The summed E-state index contributed by atoms with van der Waals surface area (Å²) in [6.45, 7) is 2.07. The molecule has 270 valence electrons. The molecular weight excluding hydrogens is 719 g/mol. The first-order valence-electron chi connectivity index (χ1n) is 14.9. The van der Waals surface area contributed by atoms with Crippen LogP contribution in [0.2, 0.25) is 5.02 Å². The summed E-state index contributed by atoms with van der Waals surface area (Å²) in [7, 11) is -6.75. The molecule has 1 aliphatic heterocycles. The monoisotopic (exact) mass is 754 g/mol. The van der Waals surface area contributed by atoms with E-state index in [1.165, 1.54) is 56.1 Å². The molecule has 1 saturated heterocycles. The average molecular weight is 755 g/mol. The van der Waals surface area contributed by atoms with Crippen molar-refractivity contribution in [2.45, 2.75) is 50.5 Å². The third kappa shape index (κ3) is 8.68. The molecule has 6 atom stereocenters. The van der Waals surface area contributed by atoms with Crippen molar-refractivity contribution in [3.63, 3.8) is 0 Å². The van der Waals surface area contributed by atoms with Gasteiger partial charge in [0, 0.05) is 12.1 Å². The lowest BCUT2D eigenvalue weighted by Crippen LogP contribution is -2.44. The van der Waals surface area contributed by atoms with Gasteiger partial charge in [-0.25, -0.2) is 18.0 Å². The van der Waals surface area contributed by atoms with Crippen LogP contribution in [0.4, 0.5) is 11.8 Å². The second-order valence-electron chi connectivity index (χ2n) is 11.6. The van der Waals surface area contributed by atoms with E-state index >= 15 is 0 Å². The SMILES string of the molecule is CC(NP(=O)(OC[C@H]1O[C@@H](n2cnc3c(N(C)NS(C)(=O)=O)nc(N)nc32)[C@](C)(O)[C@@H]1O)Oc1ccc(Cl)cc1)C(=O)OCc1ccccc1. The van der Waals surface area contributed by atoms with Crippen molar-refractivity contribution < 1.29 is 46.5 Å². The minimum absolute atomic E-state index is 0.00229. The molecule has 18 nitrogen and oxygen atoms in total. The van der Waals surface area contributed by atoms with E-state index < -0.39 is 60.4 Å². The predicted molar refractivity (Wildman–Crippen MR) is 181 cm³/mol. The van der Waals surface area contributed by atoms with Crippen molar-refractivity contribution in [2.24, 2.45) is 0 Å². The third-order valence-corrected chi connectivity index (χ3v) is 9.93. The van der Waals surface area contributed by atoms with Crippen molar-refractivity contribution in [2.75, 3.05) is 30.7 Å². The molecule has 1 fully saturated rings. The molecule has 0 bridgehead atoms. The summed E-state index contributed by atoms with van der Waals surface area (Å²) < 4.78 is 61.8. The van der Waals surface area contributed by atoms with Crippen molar-refractivity contribution >= 4 is 58.3 Å². The van der Waals surface area contributed by atoms with E-state index in [4.69, 9.17) is 35.9 Å². The Hall–Kier alpha value is -3.91. The number of carbonyl (C=O) groups excluding carboxylic acids is 1. The average Bonchev–Trinajstić information content (AvgIpc) is 3.56. The number of hydrogen-bond donors (Lipinski definition) is 5. The molecule has 1 aliphatic rings. The van der Waals surface area contributed by atoms with Crippen molar-refractivity contribution in [3.05, 3.63) is 71.5 Å². The summed E-state index contributed by atoms with van der Waals surface area (Å²) in [5, 5.41) is 26.6. The first-order chi connectivity index (χ1) is 23.5. The molecular formula is C29H36ClN8O10PS. The van der Waals surface area contributed by atoms with Crippen LogP contribution in [0.1, 0.15) is 25.6 Å². The van der Waals surface area contributed by atoms with Crippen molar-refractivity contribution in [3.8, 4) is 5.75 Å². The minimum Gasteiger partial charge on any atom is -0.460 e. The van der Waals surface area contributed by atoms with Gasteiger partial charge in [0.2, 0.25) is 16.0 Å². The van der Waals surface area contributed by atoms with Crippen LogP contribution >= 0.6 is 19.3 Å². The number of nitrogens with two attached hydrogens (primary N) is 1. The molecule has 0 aliphatic carbocycles. The van der Waals surface area contributed by atoms with Gasteiger partial charge in [0.25, 0.3) is 0 Å². The molecule has 0 spiro atoms. The van der Waals surface area contributed by atoms with E-state index in [9.17, 15) is 28.0 Å². The maximum Gasteiger partial charge on any atom is 0.459 e. The molecule has 21 heteroatoms. The Morgan fingerprint density at radius 1 is 1.22 bits per heavy atom. The fraction of sp³-hybridized carbons (Fsp3) is 0.379. The highest BCUT2D eigenvalue weighted by Crippen LogP contribution is 2.47. The number of imidazole rings is 1. The first kappa shape index (κ1) is 37.3. The second kappa shape index (κ2) is 14.7. The van der Waals surface area contributed by atoms with E-state index in [1.807, 2.05) is 6.07 Å². The first-order valence-corrected chi connectivity index (χ1v) is 18.7. The van der Waals surface area contributed by atoms with E-state index in [0.717, 1.165) is 16.8 Å². The van der Waals surface area contributed by atoms with Crippen molar-refractivity contribution in [1.29, 1.82) is 0 Å². The maximum absolute atomic E-state index is 14.1. The summed E-state index contributed by atoms with van der Waals surface area (Å²) in [5.41, 5.74) is 4.77. The van der Waals surface area contributed by atoms with Crippen LogP contribution in [0.15, 0.2) is 60.9 Å². The fourth-order valence-electron chi connectivity index (χ4n) is 5.03. The van der Waals surface area contributed by atoms with Gasteiger partial charge in [0.05, 0.1) is 19.2 Å². The highest BCUT2D eigenvalue weighted by atomic mass is 35.5. The molecule has 5 rings (SSSR count). The Balaban J connectivity index is 1.35. The Kier molecular flexibility index (Phi) is 11.0. The molecule has 4 aromatic rings. The van der Waals surface area contributed by atoms with Crippen LogP contribution in [-0.4, -0.2) is 87.9 Å². The van der Waals surface area contributed by atoms with Crippen LogP contribution in [0, 0.1) is 0 Å². The molecule has 6 N–H and O–H groups in total. The molecule has 2 aromatic carbocycles. The smallest absolute Gasteiger partial charge is 0.459 e. The van der Waals surface area contributed by atoms with Crippen LogP contribution in [0.25, 0.3) is 11.2 Å². The molecule has 3 heterocycles. The summed E-state index contributed by atoms with van der Waals surface area (Å²) in [6, 6.07) is 13.7. The lowest BCUT2D eigenvalue weighted by Gasteiger charge is -2.27. The third-order valence-electron chi connectivity index (χ3n) is 7.43. The van der Waals surface area contributed by atoms with Gasteiger partial charge in [-0.15, -0.1) is 4.83 Å². The zero-order valence-corrected chi connectivity index (χ0v) is 29.7. The summed E-state index contributed by atoms with van der Waals surface area (Å²) in [5.74, 6) is -0.918. The van der Waals surface area contributed by atoms with Gasteiger partial charge >= 0.3 is 13.7 Å². The fourth-order valence-corrected chi connectivity index (χ4v) is 7.24. The Morgan fingerprint density at radius 3 is 2.56 bits per heavy atom. The van der Waals surface area contributed by atoms with Gasteiger partial charge < -0.3 is 29.9 Å². The number of ether oxygens (including phenoxy) is 2. The van der Waals surface area contributed by atoms with Crippen LogP contribution < -0.4 is 25.2 Å². The number of halogens is 1. The Labute approximate surface area is 292 Å². The lowest BCUT2D eigenvalue weighted by atomic mass is 9.96. The van der Waals surface area contributed by atoms with Crippen molar-refractivity contribution in [1.82, 2.24) is 29.4 Å². The lowest BCUT2D eigenvalue weighted by molar-refractivity contribution is -0.146. The largest absolute Gasteiger partial charge is 0.460 e. The zero-order chi connectivity index (χ0) is 36.4. The molecule has 2 unspecified atom stereocenters. The number of carbonyl (C=O) groups is 1. The van der Waals surface area contributed by atoms with E-state index in [2.05, 4.69) is 24.9 Å². The summed E-state index contributed by atoms with van der Waals surface area (Å²) >= 11 is 5.98. The zero-order valence-electron chi connectivity index (χ0n) is 27.2. The molecule has 50 heavy (non-hydrogen) atoms. The second-order valence-corrected chi connectivity index (χ2v) is 15.5. The summed E-state index contributed by atoms with van der Waals surface area (Å²) in [4.78, 5) is 27.6. The number of benzene rings is 2. The maximum atomic E-state index is 14.1. The number of aromatic nitrogens is 4. The number of anilines is 2. The number of sulfonamides is 1. The van der Waals surface area contributed by atoms with Gasteiger partial charge in [0.1, 0.15) is 36.2 Å². The highest BCUT2D eigenvalue weighted by Gasteiger charge is 2.54. The molecule has 0 amide bonds.